The number of ether oxygens (including phenoxy) is 1. The summed E-state index contributed by atoms with van der Waals surface area (Å²) in [4.78, 5) is 21.0. The average Bonchev–Trinajstić information content (AvgIpc) is 3.11. The number of pyridine rings is 1. The highest BCUT2D eigenvalue weighted by atomic mass is 16.6. The van der Waals surface area contributed by atoms with E-state index in [1.54, 1.807) is 4.90 Å². The van der Waals surface area contributed by atoms with Crippen molar-refractivity contribution in [1.29, 1.82) is 0 Å². The van der Waals surface area contributed by atoms with E-state index in [0.717, 1.165) is 30.8 Å². The van der Waals surface area contributed by atoms with Crippen molar-refractivity contribution < 1.29 is 9.53 Å². The second kappa shape index (κ2) is 7.78. The van der Waals surface area contributed by atoms with Gasteiger partial charge in [0.2, 0.25) is 0 Å². The van der Waals surface area contributed by atoms with Crippen LogP contribution in [-0.4, -0.2) is 52.3 Å². The number of hydrogen-bond donors (Lipinski definition) is 0. The van der Waals surface area contributed by atoms with E-state index in [9.17, 15) is 4.79 Å². The van der Waals surface area contributed by atoms with Gasteiger partial charge in [0.25, 0.3) is 0 Å². The topological polar surface area (TPSA) is 50.6 Å². The van der Waals surface area contributed by atoms with Crippen LogP contribution >= 0.6 is 0 Å². The summed E-state index contributed by atoms with van der Waals surface area (Å²) in [5, 5.41) is 1.15. The van der Waals surface area contributed by atoms with Crippen molar-refractivity contribution in [3.8, 4) is 0 Å². The van der Waals surface area contributed by atoms with Crippen LogP contribution in [0.1, 0.15) is 26.3 Å². The van der Waals surface area contributed by atoms with Gasteiger partial charge >= 0.3 is 6.09 Å². The number of nitrogens with zero attached hydrogens (tertiary/aromatic N) is 4. The largest absolute Gasteiger partial charge is 0.444 e. The van der Waals surface area contributed by atoms with Crippen LogP contribution in [0.5, 0.6) is 0 Å². The molecule has 1 saturated heterocycles. The summed E-state index contributed by atoms with van der Waals surface area (Å²) < 4.78 is 7.75. The van der Waals surface area contributed by atoms with Gasteiger partial charge in [-0.15, -0.1) is 0 Å². The van der Waals surface area contributed by atoms with E-state index < -0.39 is 5.60 Å². The van der Waals surface area contributed by atoms with Crippen LogP contribution < -0.4 is 4.90 Å². The van der Waals surface area contributed by atoms with Gasteiger partial charge in [0, 0.05) is 50.5 Å². The summed E-state index contributed by atoms with van der Waals surface area (Å²) in [6.45, 7) is 9.28. The number of amides is 1. The van der Waals surface area contributed by atoms with Crippen LogP contribution in [0.15, 0.2) is 54.9 Å². The number of carbonyl (C=O) groups is 1. The SMILES string of the molecule is CC(C)(C)OC(=O)N1CCN(c2nccc3c2ccn3Cc2ccccc2)CC1. The molecule has 0 radical (unpaired) electrons. The lowest BCUT2D eigenvalue weighted by molar-refractivity contribution is 0.0240. The van der Waals surface area contributed by atoms with Crippen molar-refractivity contribution in [3.63, 3.8) is 0 Å². The third-order valence-electron chi connectivity index (χ3n) is 5.10. The van der Waals surface area contributed by atoms with Crippen molar-refractivity contribution in [1.82, 2.24) is 14.5 Å². The standard InChI is InChI=1S/C23H28N4O2/c1-23(2,3)29-22(28)26-15-13-25(14-16-26)21-19-10-12-27(20(19)9-11-24-21)17-18-7-5-4-6-8-18/h4-12H,13-17H2,1-3H3. The number of piperazine rings is 1. The molecule has 0 N–H and O–H groups in total. The molecule has 0 unspecified atom stereocenters. The molecule has 152 valence electrons. The number of carbonyl (C=O) groups excluding carboxylic acids is 1. The number of aromatic nitrogens is 2. The summed E-state index contributed by atoms with van der Waals surface area (Å²) in [5.41, 5.74) is 1.98. The molecule has 3 aromatic rings. The number of rotatable bonds is 3. The molecule has 1 aliphatic rings. The fourth-order valence-corrected chi connectivity index (χ4v) is 3.70. The molecule has 0 aliphatic carbocycles. The van der Waals surface area contributed by atoms with Gasteiger partial charge in [-0.05, 0) is 38.5 Å². The van der Waals surface area contributed by atoms with E-state index in [-0.39, 0.29) is 6.09 Å². The monoisotopic (exact) mass is 392 g/mol. The Morgan fingerprint density at radius 2 is 1.76 bits per heavy atom. The summed E-state index contributed by atoms with van der Waals surface area (Å²) in [5.74, 6) is 0.984. The Morgan fingerprint density at radius 1 is 1.03 bits per heavy atom. The number of anilines is 1. The van der Waals surface area contributed by atoms with Crippen molar-refractivity contribution in [2.24, 2.45) is 0 Å². The van der Waals surface area contributed by atoms with Gasteiger partial charge in [0.05, 0.1) is 5.52 Å². The van der Waals surface area contributed by atoms with E-state index in [0.29, 0.717) is 13.1 Å². The minimum absolute atomic E-state index is 0.239. The normalized spacial score (nSPS) is 15.0. The fraction of sp³-hybridized carbons (Fsp3) is 0.391. The third kappa shape index (κ3) is 4.36. The van der Waals surface area contributed by atoms with Gasteiger partial charge < -0.3 is 19.1 Å². The molecule has 29 heavy (non-hydrogen) atoms. The first-order chi connectivity index (χ1) is 13.9. The summed E-state index contributed by atoms with van der Waals surface area (Å²) in [6.07, 6.45) is 3.76. The third-order valence-corrected chi connectivity index (χ3v) is 5.10. The Balaban J connectivity index is 1.49. The Bertz CT molecular complexity index is 983. The predicted molar refractivity (Wildman–Crippen MR) is 115 cm³/mol. The molecule has 0 bridgehead atoms. The molecule has 2 aromatic heterocycles. The molecule has 1 aliphatic heterocycles. The zero-order valence-electron chi connectivity index (χ0n) is 17.3. The first-order valence-corrected chi connectivity index (χ1v) is 10.1. The molecule has 6 nitrogen and oxygen atoms in total. The number of hydrogen-bond acceptors (Lipinski definition) is 4. The lowest BCUT2D eigenvalue weighted by Gasteiger charge is -2.36. The maximum atomic E-state index is 12.3. The minimum atomic E-state index is -0.469. The van der Waals surface area contributed by atoms with Crippen LogP contribution in [0.25, 0.3) is 10.9 Å². The van der Waals surface area contributed by atoms with Crippen LogP contribution in [0.4, 0.5) is 10.6 Å². The van der Waals surface area contributed by atoms with Crippen LogP contribution in [0.3, 0.4) is 0 Å². The van der Waals surface area contributed by atoms with E-state index in [4.69, 9.17) is 4.74 Å². The fourth-order valence-electron chi connectivity index (χ4n) is 3.70. The van der Waals surface area contributed by atoms with Crippen LogP contribution in [-0.2, 0) is 11.3 Å². The zero-order chi connectivity index (χ0) is 20.4. The molecule has 0 atom stereocenters. The minimum Gasteiger partial charge on any atom is -0.444 e. The summed E-state index contributed by atoms with van der Waals surface area (Å²) in [6, 6.07) is 14.7. The van der Waals surface area contributed by atoms with Crippen molar-refractivity contribution in [2.45, 2.75) is 32.9 Å². The molecule has 0 saturated carbocycles. The van der Waals surface area contributed by atoms with E-state index >= 15 is 0 Å². The first-order valence-electron chi connectivity index (χ1n) is 10.1. The molecule has 1 aromatic carbocycles. The lowest BCUT2D eigenvalue weighted by atomic mass is 10.2. The van der Waals surface area contributed by atoms with Gasteiger partial charge in [-0.1, -0.05) is 30.3 Å². The van der Waals surface area contributed by atoms with Crippen molar-refractivity contribution in [2.75, 3.05) is 31.1 Å². The Hall–Kier alpha value is -3.02. The average molecular weight is 393 g/mol. The van der Waals surface area contributed by atoms with Crippen molar-refractivity contribution >= 4 is 22.8 Å². The van der Waals surface area contributed by atoms with Crippen LogP contribution in [0.2, 0.25) is 0 Å². The Labute approximate surface area is 171 Å². The van der Waals surface area contributed by atoms with Gasteiger partial charge in [0.1, 0.15) is 11.4 Å². The highest BCUT2D eigenvalue weighted by Crippen LogP contribution is 2.27. The second-order valence-corrected chi connectivity index (χ2v) is 8.45. The number of fused-ring (bicyclic) bond motifs is 1. The maximum absolute atomic E-state index is 12.3. The molecule has 0 spiro atoms. The smallest absolute Gasteiger partial charge is 0.410 e. The molecule has 6 heteroatoms. The molecular formula is C23H28N4O2. The van der Waals surface area contributed by atoms with E-state index in [1.807, 2.05) is 33.0 Å². The molecule has 1 amide bonds. The van der Waals surface area contributed by atoms with E-state index in [1.165, 1.54) is 11.1 Å². The number of benzene rings is 1. The van der Waals surface area contributed by atoms with Crippen molar-refractivity contribution in [3.05, 3.63) is 60.4 Å². The van der Waals surface area contributed by atoms with E-state index in [2.05, 4.69) is 57.0 Å². The zero-order valence-corrected chi connectivity index (χ0v) is 17.3. The lowest BCUT2D eigenvalue weighted by Crippen LogP contribution is -2.50. The quantitative estimate of drug-likeness (QED) is 0.672. The van der Waals surface area contributed by atoms with Gasteiger partial charge in [-0.25, -0.2) is 9.78 Å². The molecule has 3 heterocycles. The first kappa shape index (κ1) is 19.3. The summed E-state index contributed by atoms with van der Waals surface area (Å²) in [7, 11) is 0. The molecular weight excluding hydrogens is 364 g/mol. The highest BCUT2D eigenvalue weighted by Gasteiger charge is 2.27. The maximum Gasteiger partial charge on any atom is 0.410 e. The Morgan fingerprint density at radius 3 is 2.45 bits per heavy atom. The summed E-state index contributed by atoms with van der Waals surface area (Å²) >= 11 is 0. The second-order valence-electron chi connectivity index (χ2n) is 8.45. The molecule has 1 fully saturated rings. The highest BCUT2D eigenvalue weighted by molar-refractivity contribution is 5.90. The Kier molecular flexibility index (Phi) is 5.18. The van der Waals surface area contributed by atoms with Gasteiger partial charge in [-0.3, -0.25) is 0 Å². The van der Waals surface area contributed by atoms with Gasteiger partial charge in [-0.2, -0.15) is 0 Å². The van der Waals surface area contributed by atoms with Gasteiger partial charge in [0.15, 0.2) is 0 Å². The van der Waals surface area contributed by atoms with Crippen LogP contribution in [0, 0.1) is 0 Å². The predicted octanol–water partition coefficient (Wildman–Crippen LogP) is 4.14. The molecule has 4 rings (SSSR count).